The number of nitrogens with zero attached hydrogens (tertiary/aromatic N) is 4. The van der Waals surface area contributed by atoms with Gasteiger partial charge in [-0.2, -0.15) is 0 Å². The molecule has 6 nitrogen and oxygen atoms in total. The van der Waals surface area contributed by atoms with Crippen LogP contribution in [0.2, 0.25) is 0 Å². The normalized spacial score (nSPS) is 22.5. The molecule has 0 spiro atoms. The fraction of sp³-hybridized carbons (Fsp3) is 0.417. The summed E-state index contributed by atoms with van der Waals surface area (Å²) in [5, 5.41) is 27.2. The Kier molecular flexibility index (Phi) is 6.98. The molecule has 1 saturated heterocycles. The van der Waals surface area contributed by atoms with Crippen LogP contribution in [0.5, 0.6) is 0 Å². The van der Waals surface area contributed by atoms with E-state index in [1.54, 1.807) is 0 Å². The van der Waals surface area contributed by atoms with E-state index in [0.717, 1.165) is 11.1 Å². The molecule has 1 aliphatic heterocycles. The van der Waals surface area contributed by atoms with Gasteiger partial charge >= 0.3 is 0 Å². The maximum atomic E-state index is 9.98. The first-order chi connectivity index (χ1) is 14.5. The second-order valence-electron chi connectivity index (χ2n) is 8.65. The van der Waals surface area contributed by atoms with Crippen molar-refractivity contribution < 1.29 is 10.4 Å². The Balaban J connectivity index is 2.26. The summed E-state index contributed by atoms with van der Waals surface area (Å²) in [7, 11) is 0. The van der Waals surface area contributed by atoms with Crippen molar-refractivity contribution in [2.75, 3.05) is 13.1 Å². The van der Waals surface area contributed by atoms with Crippen LogP contribution in [0.15, 0.2) is 71.0 Å². The molecule has 2 aromatic rings. The lowest BCUT2D eigenvalue weighted by atomic mass is 9.87. The SMILES string of the molecule is CC(C)CN1C(=N/O)/C(=N\O)N(CC(C)C)C(c2ccccc2)C1c1ccccc1. The van der Waals surface area contributed by atoms with E-state index in [0.29, 0.717) is 36.6 Å². The van der Waals surface area contributed by atoms with E-state index in [9.17, 15) is 10.4 Å². The van der Waals surface area contributed by atoms with Gasteiger partial charge in [0.1, 0.15) is 0 Å². The zero-order valence-corrected chi connectivity index (χ0v) is 18.2. The number of piperazine rings is 1. The molecule has 2 aromatic carbocycles. The number of hydrogen-bond donors (Lipinski definition) is 2. The van der Waals surface area contributed by atoms with Crippen LogP contribution in [0, 0.1) is 11.8 Å². The highest BCUT2D eigenvalue weighted by atomic mass is 16.4. The third-order valence-corrected chi connectivity index (χ3v) is 5.31. The van der Waals surface area contributed by atoms with Crippen molar-refractivity contribution in [1.29, 1.82) is 0 Å². The van der Waals surface area contributed by atoms with Crippen molar-refractivity contribution in [1.82, 2.24) is 9.80 Å². The molecular weight excluding hydrogens is 376 g/mol. The van der Waals surface area contributed by atoms with Gasteiger partial charge in [0.2, 0.25) is 11.7 Å². The van der Waals surface area contributed by atoms with Crippen molar-refractivity contribution in [2.45, 2.75) is 39.8 Å². The molecule has 3 rings (SSSR count). The van der Waals surface area contributed by atoms with Gasteiger partial charge < -0.3 is 20.2 Å². The van der Waals surface area contributed by atoms with Gasteiger partial charge in [-0.1, -0.05) is 98.7 Å². The molecule has 2 atom stereocenters. The van der Waals surface area contributed by atoms with Gasteiger partial charge in [-0.15, -0.1) is 0 Å². The topological polar surface area (TPSA) is 71.7 Å². The summed E-state index contributed by atoms with van der Waals surface area (Å²) in [4.78, 5) is 4.15. The summed E-state index contributed by atoms with van der Waals surface area (Å²) in [6.07, 6.45) is 0. The van der Waals surface area contributed by atoms with Crippen LogP contribution in [0.1, 0.15) is 50.9 Å². The van der Waals surface area contributed by atoms with E-state index >= 15 is 0 Å². The molecule has 0 aromatic heterocycles. The van der Waals surface area contributed by atoms with Crippen LogP contribution >= 0.6 is 0 Å². The minimum Gasteiger partial charge on any atom is -0.409 e. The highest BCUT2D eigenvalue weighted by Gasteiger charge is 2.45. The first kappa shape index (κ1) is 21.7. The van der Waals surface area contributed by atoms with Crippen molar-refractivity contribution in [3.05, 3.63) is 71.8 Å². The lowest BCUT2D eigenvalue weighted by Crippen LogP contribution is -2.58. The summed E-state index contributed by atoms with van der Waals surface area (Å²) in [5.74, 6) is 1.24. The minimum atomic E-state index is -0.105. The summed E-state index contributed by atoms with van der Waals surface area (Å²) in [5.41, 5.74) is 2.25. The summed E-state index contributed by atoms with van der Waals surface area (Å²) in [6, 6.07) is 20.4. The monoisotopic (exact) mass is 408 g/mol. The number of hydrogen-bond acceptors (Lipinski definition) is 4. The molecule has 30 heavy (non-hydrogen) atoms. The van der Waals surface area contributed by atoms with Gasteiger partial charge in [-0.3, -0.25) is 0 Å². The molecule has 2 N–H and O–H groups in total. The van der Waals surface area contributed by atoms with Gasteiger partial charge in [0, 0.05) is 13.1 Å². The molecule has 0 bridgehead atoms. The number of amidine groups is 2. The number of rotatable bonds is 6. The van der Waals surface area contributed by atoms with Crippen LogP contribution < -0.4 is 0 Å². The number of benzene rings is 2. The third-order valence-electron chi connectivity index (χ3n) is 5.31. The van der Waals surface area contributed by atoms with Crippen molar-refractivity contribution >= 4 is 11.7 Å². The molecule has 0 saturated carbocycles. The molecule has 0 amide bonds. The largest absolute Gasteiger partial charge is 0.409 e. The lowest BCUT2D eigenvalue weighted by molar-refractivity contribution is 0.127. The summed E-state index contributed by atoms with van der Waals surface area (Å²) >= 11 is 0. The quantitative estimate of drug-likeness (QED) is 0.523. The fourth-order valence-corrected chi connectivity index (χ4v) is 4.28. The van der Waals surface area contributed by atoms with Crippen molar-refractivity contribution in [3.63, 3.8) is 0 Å². The van der Waals surface area contributed by atoms with Gasteiger partial charge in [-0.25, -0.2) is 0 Å². The average Bonchev–Trinajstić information content (AvgIpc) is 2.74. The van der Waals surface area contributed by atoms with E-state index in [1.165, 1.54) is 0 Å². The first-order valence-corrected chi connectivity index (χ1v) is 10.6. The Morgan fingerprint density at radius 1 is 0.667 bits per heavy atom. The molecule has 1 aliphatic rings. The molecule has 0 aliphatic carbocycles. The summed E-state index contributed by atoms with van der Waals surface area (Å²) < 4.78 is 0. The van der Waals surface area contributed by atoms with E-state index in [2.05, 4.69) is 72.1 Å². The van der Waals surface area contributed by atoms with Crippen LogP contribution in [-0.2, 0) is 0 Å². The Hall–Kier alpha value is -3.02. The Bertz CT molecular complexity index is 792. The van der Waals surface area contributed by atoms with E-state index < -0.39 is 0 Å². The molecule has 1 fully saturated rings. The predicted molar refractivity (Wildman–Crippen MR) is 120 cm³/mol. The Morgan fingerprint density at radius 2 is 1.00 bits per heavy atom. The van der Waals surface area contributed by atoms with E-state index in [-0.39, 0.29) is 12.1 Å². The second-order valence-corrected chi connectivity index (χ2v) is 8.65. The standard InChI is InChI=1S/C24H32N4O2/c1-17(2)15-27-21(19-11-7-5-8-12-19)22(20-13-9-6-10-14-20)28(16-18(3)4)24(26-30)23(27)25-29/h5-14,17-18,21-22,29-30H,15-16H2,1-4H3/b25-23+,26-24+. The van der Waals surface area contributed by atoms with Crippen LogP contribution in [0.4, 0.5) is 0 Å². The Morgan fingerprint density at radius 3 is 1.27 bits per heavy atom. The highest BCUT2D eigenvalue weighted by molar-refractivity contribution is 6.40. The maximum Gasteiger partial charge on any atom is 0.215 e. The van der Waals surface area contributed by atoms with Gasteiger partial charge in [-0.05, 0) is 23.0 Å². The second kappa shape index (κ2) is 9.65. The zero-order chi connectivity index (χ0) is 21.7. The van der Waals surface area contributed by atoms with Crippen molar-refractivity contribution in [3.8, 4) is 0 Å². The lowest BCUT2D eigenvalue weighted by Gasteiger charge is -2.50. The van der Waals surface area contributed by atoms with Crippen LogP contribution in [0.25, 0.3) is 0 Å². The molecular formula is C24H32N4O2. The van der Waals surface area contributed by atoms with Gasteiger partial charge in [0.25, 0.3) is 0 Å². The molecule has 160 valence electrons. The smallest absolute Gasteiger partial charge is 0.215 e. The molecule has 0 radical (unpaired) electrons. The Labute approximate surface area is 179 Å². The number of oxime groups is 2. The first-order valence-electron chi connectivity index (χ1n) is 10.6. The molecule has 1 heterocycles. The van der Waals surface area contributed by atoms with Gasteiger partial charge in [0.05, 0.1) is 12.1 Å². The average molecular weight is 409 g/mol. The molecule has 6 heteroatoms. The molecule has 2 unspecified atom stereocenters. The summed E-state index contributed by atoms with van der Waals surface area (Å²) in [6.45, 7) is 9.85. The van der Waals surface area contributed by atoms with Crippen LogP contribution in [-0.4, -0.2) is 45.0 Å². The van der Waals surface area contributed by atoms with Gasteiger partial charge in [0.15, 0.2) is 0 Å². The van der Waals surface area contributed by atoms with E-state index in [1.807, 2.05) is 36.4 Å². The zero-order valence-electron chi connectivity index (χ0n) is 18.2. The van der Waals surface area contributed by atoms with E-state index in [4.69, 9.17) is 0 Å². The maximum absolute atomic E-state index is 9.98. The highest BCUT2D eigenvalue weighted by Crippen LogP contribution is 2.43. The predicted octanol–water partition coefficient (Wildman–Crippen LogP) is 4.97. The minimum absolute atomic E-state index is 0.105. The van der Waals surface area contributed by atoms with Crippen molar-refractivity contribution in [2.24, 2.45) is 22.1 Å². The third kappa shape index (κ3) is 4.42. The van der Waals surface area contributed by atoms with Crippen LogP contribution in [0.3, 0.4) is 0 Å². The fourth-order valence-electron chi connectivity index (χ4n) is 4.28.